The average molecular weight is 402 g/mol. The third kappa shape index (κ3) is 6.58. The molecular weight excluding hydrogens is 375 g/mol. The number of carbonyl (C=O) groups is 2. The fraction of sp³-hybridized carbons (Fsp3) is 0.857. The first-order valence-electron chi connectivity index (χ1n) is 7.85. The molecule has 0 amide bonds. The lowest BCUT2D eigenvalue weighted by Gasteiger charge is -2.36. The summed E-state index contributed by atoms with van der Waals surface area (Å²) in [6.07, 6.45) is -2.08. The van der Waals surface area contributed by atoms with Gasteiger partial charge in [0.25, 0.3) is 0 Å². The van der Waals surface area contributed by atoms with E-state index >= 15 is 0 Å². The number of esters is 2. The maximum atomic E-state index is 12.3. The van der Waals surface area contributed by atoms with Gasteiger partial charge in [-0.15, -0.1) is 0 Å². The van der Waals surface area contributed by atoms with Crippen LogP contribution in [0.15, 0.2) is 0 Å². The standard InChI is InChI=1S/C14H27O11P/c1-5-22-7-9-24-11(12(15)20-3)14(13(16)21-4,26(17,18)19)25-10-8-23-6-2/h11H,5-10H2,1-4H3,(H2,17,18,19). The van der Waals surface area contributed by atoms with Gasteiger partial charge in [-0.3, -0.25) is 4.57 Å². The molecule has 0 aliphatic rings. The summed E-state index contributed by atoms with van der Waals surface area (Å²) in [6.45, 7) is 3.38. The lowest BCUT2D eigenvalue weighted by atomic mass is 10.2. The fourth-order valence-corrected chi connectivity index (χ4v) is 3.04. The van der Waals surface area contributed by atoms with E-state index in [0.29, 0.717) is 13.2 Å². The first-order valence-corrected chi connectivity index (χ1v) is 9.46. The minimum absolute atomic E-state index is 0.0152. The molecule has 0 fully saturated rings. The molecule has 0 aromatic carbocycles. The van der Waals surface area contributed by atoms with Crippen molar-refractivity contribution in [2.75, 3.05) is 53.9 Å². The van der Waals surface area contributed by atoms with Gasteiger partial charge in [-0.2, -0.15) is 0 Å². The van der Waals surface area contributed by atoms with Crippen molar-refractivity contribution in [2.24, 2.45) is 0 Å². The van der Waals surface area contributed by atoms with Crippen molar-refractivity contribution >= 4 is 19.5 Å². The summed E-state index contributed by atoms with van der Waals surface area (Å²) in [6, 6.07) is 0. The van der Waals surface area contributed by atoms with Crippen molar-refractivity contribution in [3.05, 3.63) is 0 Å². The molecule has 26 heavy (non-hydrogen) atoms. The van der Waals surface area contributed by atoms with Crippen LogP contribution in [-0.4, -0.2) is 87.0 Å². The number of ether oxygens (including phenoxy) is 6. The Hall–Kier alpha value is -1.07. The van der Waals surface area contributed by atoms with Crippen LogP contribution in [0.2, 0.25) is 0 Å². The normalized spacial score (nSPS) is 15.2. The van der Waals surface area contributed by atoms with E-state index in [9.17, 15) is 23.9 Å². The molecule has 0 aliphatic heterocycles. The number of rotatable bonds is 14. The monoisotopic (exact) mass is 402 g/mol. The molecule has 0 rings (SSSR count). The number of methoxy groups -OCH3 is 2. The van der Waals surface area contributed by atoms with Crippen molar-refractivity contribution in [3.63, 3.8) is 0 Å². The Labute approximate surface area is 152 Å². The predicted octanol–water partition coefficient (Wildman–Crippen LogP) is -0.319. The third-order valence-electron chi connectivity index (χ3n) is 3.15. The second-order valence-electron chi connectivity index (χ2n) is 4.75. The molecule has 0 saturated carbocycles. The summed E-state index contributed by atoms with van der Waals surface area (Å²) in [5.74, 6) is -2.69. The van der Waals surface area contributed by atoms with Gasteiger partial charge in [-0.1, -0.05) is 0 Å². The van der Waals surface area contributed by atoms with E-state index < -0.39 is 37.6 Å². The lowest BCUT2D eigenvalue weighted by Crippen LogP contribution is -2.57. The zero-order valence-corrected chi connectivity index (χ0v) is 16.2. The lowest BCUT2D eigenvalue weighted by molar-refractivity contribution is -0.193. The first-order chi connectivity index (χ1) is 12.2. The molecule has 11 nitrogen and oxygen atoms in total. The van der Waals surface area contributed by atoms with Gasteiger partial charge < -0.3 is 38.2 Å². The molecular formula is C14H27O11P. The Morgan fingerprint density at radius 1 is 0.962 bits per heavy atom. The molecule has 2 N–H and O–H groups in total. The van der Waals surface area contributed by atoms with Crippen molar-refractivity contribution in [1.29, 1.82) is 0 Å². The molecule has 0 aromatic heterocycles. The SMILES string of the molecule is CCOCCOC(C(=O)OC)C(OCCOCC)(C(=O)OC)P(=O)(O)O. The van der Waals surface area contributed by atoms with Gasteiger partial charge in [-0.05, 0) is 13.8 Å². The van der Waals surface area contributed by atoms with Gasteiger partial charge in [0.05, 0.1) is 40.6 Å². The van der Waals surface area contributed by atoms with Crippen LogP contribution >= 0.6 is 7.60 Å². The van der Waals surface area contributed by atoms with Crippen LogP contribution in [0.4, 0.5) is 0 Å². The average Bonchev–Trinajstić information content (AvgIpc) is 2.60. The maximum absolute atomic E-state index is 12.3. The Balaban J connectivity index is 5.84. The van der Waals surface area contributed by atoms with Crippen LogP contribution < -0.4 is 0 Å². The van der Waals surface area contributed by atoms with E-state index in [4.69, 9.17) is 18.9 Å². The van der Waals surface area contributed by atoms with Crippen LogP contribution in [0.3, 0.4) is 0 Å². The molecule has 2 unspecified atom stereocenters. The molecule has 0 spiro atoms. The molecule has 0 aliphatic carbocycles. The Morgan fingerprint density at radius 2 is 1.50 bits per heavy atom. The fourth-order valence-electron chi connectivity index (χ4n) is 1.96. The third-order valence-corrected chi connectivity index (χ3v) is 4.56. The topological polar surface area (TPSA) is 147 Å². The van der Waals surface area contributed by atoms with E-state index in [1.54, 1.807) is 13.8 Å². The summed E-state index contributed by atoms with van der Waals surface area (Å²) in [7, 11) is -3.55. The summed E-state index contributed by atoms with van der Waals surface area (Å²) in [4.78, 5) is 44.1. The van der Waals surface area contributed by atoms with E-state index in [-0.39, 0.29) is 19.8 Å². The number of carbonyl (C=O) groups excluding carboxylic acids is 2. The zero-order valence-electron chi connectivity index (χ0n) is 15.3. The van der Waals surface area contributed by atoms with Crippen LogP contribution in [0.1, 0.15) is 13.8 Å². The maximum Gasteiger partial charge on any atom is 0.372 e. The van der Waals surface area contributed by atoms with E-state index in [1.807, 2.05) is 0 Å². The van der Waals surface area contributed by atoms with Gasteiger partial charge in [0, 0.05) is 13.2 Å². The van der Waals surface area contributed by atoms with Gasteiger partial charge in [-0.25, -0.2) is 9.59 Å². The predicted molar refractivity (Wildman–Crippen MR) is 87.5 cm³/mol. The van der Waals surface area contributed by atoms with Crippen LogP contribution in [0.5, 0.6) is 0 Å². The molecule has 0 aromatic rings. The Morgan fingerprint density at radius 3 is 1.92 bits per heavy atom. The van der Waals surface area contributed by atoms with Crippen LogP contribution in [0.25, 0.3) is 0 Å². The summed E-state index contributed by atoms with van der Waals surface area (Å²) >= 11 is 0. The van der Waals surface area contributed by atoms with Gasteiger partial charge >= 0.3 is 24.9 Å². The summed E-state index contributed by atoms with van der Waals surface area (Å²) < 4.78 is 41.6. The summed E-state index contributed by atoms with van der Waals surface area (Å²) in [5, 5.41) is -3.04. The summed E-state index contributed by atoms with van der Waals surface area (Å²) in [5.41, 5.74) is 0. The molecule has 0 bridgehead atoms. The first kappa shape index (κ1) is 24.9. The highest BCUT2D eigenvalue weighted by molar-refractivity contribution is 7.54. The molecule has 0 saturated heterocycles. The molecule has 0 radical (unpaired) electrons. The number of hydrogen-bond acceptors (Lipinski definition) is 9. The highest BCUT2D eigenvalue weighted by Gasteiger charge is 2.65. The largest absolute Gasteiger partial charge is 0.467 e. The van der Waals surface area contributed by atoms with Crippen molar-refractivity contribution in [1.82, 2.24) is 0 Å². The van der Waals surface area contributed by atoms with E-state index in [1.165, 1.54) is 0 Å². The zero-order chi connectivity index (χ0) is 20.2. The van der Waals surface area contributed by atoms with Gasteiger partial charge in [0.2, 0.25) is 6.10 Å². The quantitative estimate of drug-likeness (QED) is 0.224. The highest BCUT2D eigenvalue weighted by atomic mass is 31.2. The molecule has 2 atom stereocenters. The Kier molecular flexibility index (Phi) is 11.8. The van der Waals surface area contributed by atoms with Gasteiger partial charge in [0.1, 0.15) is 0 Å². The van der Waals surface area contributed by atoms with E-state index in [2.05, 4.69) is 9.47 Å². The smallest absolute Gasteiger partial charge is 0.372 e. The van der Waals surface area contributed by atoms with Crippen molar-refractivity contribution in [3.8, 4) is 0 Å². The molecule has 154 valence electrons. The van der Waals surface area contributed by atoms with Crippen molar-refractivity contribution < 1.29 is 52.4 Å². The second-order valence-corrected chi connectivity index (χ2v) is 6.50. The van der Waals surface area contributed by atoms with Crippen LogP contribution in [-0.2, 0) is 42.6 Å². The van der Waals surface area contributed by atoms with Gasteiger partial charge in [0.15, 0.2) is 0 Å². The highest BCUT2D eigenvalue weighted by Crippen LogP contribution is 2.55. The Bertz CT molecular complexity index is 478. The second kappa shape index (κ2) is 12.3. The van der Waals surface area contributed by atoms with Crippen LogP contribution in [0, 0.1) is 0 Å². The van der Waals surface area contributed by atoms with Crippen molar-refractivity contribution in [2.45, 2.75) is 25.3 Å². The minimum Gasteiger partial charge on any atom is -0.467 e. The molecule has 12 heteroatoms. The minimum atomic E-state index is -5.43. The number of hydrogen-bond donors (Lipinski definition) is 2. The molecule has 0 heterocycles. The van der Waals surface area contributed by atoms with E-state index in [0.717, 1.165) is 14.2 Å².